The van der Waals surface area contributed by atoms with Crippen molar-refractivity contribution in [2.75, 3.05) is 6.26 Å². The number of carbonyl (C=O) groups is 1. The fraction of sp³-hybridized carbons (Fsp3) is 0.333. The molecule has 1 unspecified atom stereocenters. The van der Waals surface area contributed by atoms with Crippen molar-refractivity contribution in [3.05, 3.63) is 65.6 Å². The van der Waals surface area contributed by atoms with E-state index >= 15 is 0 Å². The maximum Gasteiger partial charge on any atom is 0.408 e. The molecule has 0 aliphatic carbocycles. The zero-order valence-electron chi connectivity index (χ0n) is 18.0. The molecule has 1 aromatic heterocycles. The summed E-state index contributed by atoms with van der Waals surface area (Å²) in [5.74, 6) is 0.400. The Morgan fingerprint density at radius 3 is 2.53 bits per heavy atom. The summed E-state index contributed by atoms with van der Waals surface area (Å²) in [4.78, 5) is 17.2. The second-order valence-electron chi connectivity index (χ2n) is 8.18. The molecule has 2 aromatic carbocycles. The van der Waals surface area contributed by atoms with E-state index in [2.05, 4.69) is 5.32 Å². The van der Waals surface area contributed by atoms with Crippen molar-refractivity contribution >= 4 is 28.8 Å². The molecular weight excluding hydrogens is 399 g/mol. The van der Waals surface area contributed by atoms with E-state index < -0.39 is 17.7 Å². The topological polar surface area (TPSA) is 51.2 Å². The number of nitrogens with one attached hydrogen (secondary N) is 1. The summed E-state index contributed by atoms with van der Waals surface area (Å²) < 4.78 is 19.5. The van der Waals surface area contributed by atoms with E-state index in [1.54, 1.807) is 17.8 Å². The van der Waals surface area contributed by atoms with Crippen LogP contribution < -0.4 is 5.32 Å². The molecule has 0 saturated heterocycles. The van der Waals surface area contributed by atoms with Crippen molar-refractivity contribution < 1.29 is 13.9 Å². The minimum absolute atomic E-state index is 0.293. The molecule has 6 heteroatoms. The molecule has 0 saturated carbocycles. The molecular formula is C24H27FN2O2S. The molecule has 1 atom stereocenters. The highest BCUT2D eigenvalue weighted by Crippen LogP contribution is 2.37. The van der Waals surface area contributed by atoms with E-state index in [0.717, 1.165) is 27.8 Å². The Hall–Kier alpha value is -2.60. The second-order valence-corrected chi connectivity index (χ2v) is 9.05. The summed E-state index contributed by atoms with van der Waals surface area (Å²) in [6.07, 6.45) is 1.52. The molecule has 30 heavy (non-hydrogen) atoms. The molecule has 4 nitrogen and oxygen atoms in total. The smallest absolute Gasteiger partial charge is 0.408 e. The minimum Gasteiger partial charge on any atom is -0.444 e. The average Bonchev–Trinajstić information content (AvgIpc) is 2.67. The van der Waals surface area contributed by atoms with Crippen LogP contribution in [0.1, 0.15) is 45.0 Å². The predicted molar refractivity (Wildman–Crippen MR) is 122 cm³/mol. The zero-order chi connectivity index (χ0) is 21.9. The van der Waals surface area contributed by atoms with Gasteiger partial charge in [-0.2, -0.15) is 11.8 Å². The van der Waals surface area contributed by atoms with E-state index in [-0.39, 0.29) is 5.82 Å². The van der Waals surface area contributed by atoms with Crippen LogP contribution >= 0.6 is 11.8 Å². The quantitative estimate of drug-likeness (QED) is 0.507. The van der Waals surface area contributed by atoms with Gasteiger partial charge < -0.3 is 10.1 Å². The number of nitrogens with zero attached hydrogens (tertiary/aromatic N) is 1. The number of ether oxygens (including phenoxy) is 1. The summed E-state index contributed by atoms with van der Waals surface area (Å²) in [5, 5.41) is 3.69. The van der Waals surface area contributed by atoms with Crippen LogP contribution in [0.3, 0.4) is 0 Å². The summed E-state index contributed by atoms with van der Waals surface area (Å²) in [6.45, 7) is 7.36. The lowest BCUT2D eigenvalue weighted by Gasteiger charge is -2.24. The van der Waals surface area contributed by atoms with Crippen LogP contribution in [-0.4, -0.2) is 22.9 Å². The van der Waals surface area contributed by atoms with Crippen LogP contribution in [0.15, 0.2) is 48.5 Å². The molecule has 1 heterocycles. The van der Waals surface area contributed by atoms with E-state index in [0.29, 0.717) is 11.3 Å². The summed E-state index contributed by atoms with van der Waals surface area (Å²) >= 11 is 1.66. The van der Waals surface area contributed by atoms with E-state index in [1.807, 2.05) is 64.3 Å². The molecule has 0 radical (unpaired) electrons. The van der Waals surface area contributed by atoms with Crippen molar-refractivity contribution in [2.24, 2.45) is 0 Å². The lowest BCUT2D eigenvalue weighted by molar-refractivity contribution is 0.0507. The van der Waals surface area contributed by atoms with Crippen molar-refractivity contribution in [2.45, 2.75) is 45.1 Å². The second kappa shape index (κ2) is 9.04. The number of hydrogen-bond donors (Lipinski definition) is 1. The highest BCUT2D eigenvalue weighted by Gasteiger charge is 2.24. The molecule has 0 spiro atoms. The van der Waals surface area contributed by atoms with Gasteiger partial charge in [0.2, 0.25) is 0 Å². The summed E-state index contributed by atoms with van der Waals surface area (Å²) in [7, 11) is 0. The number of thioether (sulfide) groups is 1. The van der Waals surface area contributed by atoms with E-state index in [1.165, 1.54) is 12.1 Å². The number of pyridine rings is 1. The van der Waals surface area contributed by atoms with Gasteiger partial charge in [-0.05, 0) is 63.3 Å². The number of fused-ring (bicyclic) bond motifs is 1. The molecule has 158 valence electrons. The molecule has 0 fully saturated rings. The third kappa shape index (κ3) is 5.11. The number of aromatic nitrogens is 1. The number of benzene rings is 2. The first-order valence-electron chi connectivity index (χ1n) is 9.85. The van der Waals surface area contributed by atoms with Crippen LogP contribution in [-0.2, 0) is 10.5 Å². The van der Waals surface area contributed by atoms with Gasteiger partial charge in [-0.25, -0.2) is 14.2 Å². The molecule has 0 bridgehead atoms. The van der Waals surface area contributed by atoms with Gasteiger partial charge in [0.05, 0.1) is 17.3 Å². The van der Waals surface area contributed by atoms with Crippen molar-refractivity contribution in [1.82, 2.24) is 10.3 Å². The third-order valence-corrected chi connectivity index (χ3v) is 5.15. The monoisotopic (exact) mass is 426 g/mol. The number of rotatable bonds is 5. The minimum atomic E-state index is -0.593. The van der Waals surface area contributed by atoms with Crippen LogP contribution in [0.5, 0.6) is 0 Å². The van der Waals surface area contributed by atoms with E-state index in [4.69, 9.17) is 9.72 Å². The Bertz CT molecular complexity index is 1050. The van der Waals surface area contributed by atoms with Gasteiger partial charge in [0, 0.05) is 16.7 Å². The number of carbonyl (C=O) groups excluding carboxylic acids is 1. The number of halogens is 1. The van der Waals surface area contributed by atoms with Gasteiger partial charge in [0.1, 0.15) is 11.4 Å². The number of hydrogen-bond acceptors (Lipinski definition) is 4. The lowest BCUT2D eigenvalue weighted by atomic mass is 9.93. The van der Waals surface area contributed by atoms with Gasteiger partial charge in [-0.3, -0.25) is 0 Å². The maximum atomic E-state index is 14.1. The predicted octanol–water partition coefficient (Wildman–Crippen LogP) is 6.49. The zero-order valence-corrected chi connectivity index (χ0v) is 18.8. The van der Waals surface area contributed by atoms with Crippen molar-refractivity contribution in [3.63, 3.8) is 0 Å². The average molecular weight is 427 g/mol. The number of alkyl carbamates (subject to hydrolysis) is 1. The van der Waals surface area contributed by atoms with Gasteiger partial charge >= 0.3 is 6.09 Å². The Morgan fingerprint density at radius 1 is 1.20 bits per heavy atom. The van der Waals surface area contributed by atoms with Crippen LogP contribution in [0.2, 0.25) is 0 Å². The standard InChI is InChI=1S/C24H27FN2O2S/c1-15(26-23(28)29-24(2,3)4)22-21(16-9-7-6-8-10-16)19(14-30-5)18-13-17(25)11-12-20(18)27-22/h6-13,15H,14H2,1-5H3,(H,26,28). The fourth-order valence-corrected chi connectivity index (χ4v) is 4.00. The highest BCUT2D eigenvalue weighted by atomic mass is 32.2. The van der Waals surface area contributed by atoms with Crippen LogP contribution in [0.4, 0.5) is 9.18 Å². The van der Waals surface area contributed by atoms with Crippen molar-refractivity contribution in [1.29, 1.82) is 0 Å². The first kappa shape index (κ1) is 22.1. The Balaban J connectivity index is 2.19. The largest absolute Gasteiger partial charge is 0.444 e. The molecule has 1 N–H and O–H groups in total. The fourth-order valence-electron chi connectivity index (χ4n) is 3.41. The molecule has 3 rings (SSSR count). The first-order valence-corrected chi connectivity index (χ1v) is 11.2. The molecule has 3 aromatic rings. The summed E-state index contributed by atoms with van der Waals surface area (Å²) in [5.41, 5.74) is 3.75. The van der Waals surface area contributed by atoms with Gasteiger partial charge in [0.15, 0.2) is 0 Å². The third-order valence-electron chi connectivity index (χ3n) is 4.58. The van der Waals surface area contributed by atoms with Crippen LogP contribution in [0, 0.1) is 5.82 Å². The Kier molecular flexibility index (Phi) is 6.66. The van der Waals surface area contributed by atoms with Crippen molar-refractivity contribution in [3.8, 4) is 11.1 Å². The summed E-state index contributed by atoms with van der Waals surface area (Å²) in [6, 6.07) is 14.1. The maximum absolute atomic E-state index is 14.1. The Morgan fingerprint density at radius 2 is 1.90 bits per heavy atom. The van der Waals surface area contributed by atoms with Crippen LogP contribution in [0.25, 0.3) is 22.0 Å². The number of amides is 1. The van der Waals surface area contributed by atoms with E-state index in [9.17, 15) is 9.18 Å². The lowest BCUT2D eigenvalue weighted by Crippen LogP contribution is -2.34. The molecule has 0 aliphatic rings. The van der Waals surface area contributed by atoms with Gasteiger partial charge in [-0.1, -0.05) is 30.3 Å². The molecule has 1 amide bonds. The Labute approximate surface area is 181 Å². The van der Waals surface area contributed by atoms with Gasteiger partial charge in [-0.15, -0.1) is 0 Å². The normalized spacial score (nSPS) is 12.6. The SMILES string of the molecule is CSCc1c(-c2ccccc2)c(C(C)NC(=O)OC(C)(C)C)nc2ccc(F)cc12. The first-order chi connectivity index (χ1) is 14.2. The van der Waals surface area contributed by atoms with Gasteiger partial charge in [0.25, 0.3) is 0 Å². The highest BCUT2D eigenvalue weighted by molar-refractivity contribution is 7.97. The molecule has 0 aliphatic heterocycles.